The Morgan fingerprint density at radius 3 is 2.63 bits per heavy atom. The molecule has 0 radical (unpaired) electrons. The summed E-state index contributed by atoms with van der Waals surface area (Å²) in [5.74, 6) is -1.02. The molecule has 2 heterocycles. The molecule has 2 aromatic rings. The average Bonchev–Trinajstić information content (AvgIpc) is 3.01. The van der Waals surface area contributed by atoms with E-state index >= 15 is 4.39 Å². The Balaban J connectivity index is 2.49. The maximum Gasteiger partial charge on any atom is 0.341 e. The summed E-state index contributed by atoms with van der Waals surface area (Å²) in [4.78, 5) is 25.4. The Morgan fingerprint density at radius 2 is 2.11 bits per heavy atom. The molecule has 1 atom stereocenters. The van der Waals surface area contributed by atoms with E-state index < -0.39 is 40.3 Å². The number of carbonyl (C=O) groups is 1. The van der Waals surface area contributed by atoms with Gasteiger partial charge in [-0.3, -0.25) is 4.79 Å². The van der Waals surface area contributed by atoms with E-state index in [1.165, 1.54) is 9.47 Å². The van der Waals surface area contributed by atoms with Crippen molar-refractivity contribution < 1.29 is 18.7 Å². The van der Waals surface area contributed by atoms with Gasteiger partial charge in [-0.05, 0) is 32.8 Å². The third-order valence-electron chi connectivity index (χ3n) is 4.93. The van der Waals surface area contributed by atoms with Gasteiger partial charge in [0.25, 0.3) is 0 Å². The largest absolute Gasteiger partial charge is 0.477 e. The monoisotopic (exact) mass is 375 g/mol. The lowest BCUT2D eigenvalue weighted by molar-refractivity contribution is 0.0694. The fraction of sp³-hybridized carbons (Fsp3) is 0.368. The first-order chi connectivity index (χ1) is 12.6. The number of carboxylic acids is 1. The zero-order valence-corrected chi connectivity index (χ0v) is 14.9. The second-order valence-electron chi connectivity index (χ2n) is 7.07. The molecule has 0 amide bonds. The summed E-state index contributed by atoms with van der Waals surface area (Å²) in [5, 5.41) is 8.93. The van der Waals surface area contributed by atoms with Crippen LogP contribution in [0.1, 0.15) is 37.0 Å². The highest BCUT2D eigenvalue weighted by Crippen LogP contribution is 2.35. The van der Waals surface area contributed by atoms with Crippen LogP contribution in [0, 0.1) is 24.0 Å². The lowest BCUT2D eigenvalue weighted by atomic mass is 10.0. The number of terminal acetylenes is 1. The molecule has 27 heavy (non-hydrogen) atoms. The van der Waals surface area contributed by atoms with Gasteiger partial charge in [-0.15, -0.1) is 6.42 Å². The van der Waals surface area contributed by atoms with E-state index in [9.17, 15) is 19.1 Å². The number of hydrogen-bond donors (Lipinski definition) is 2. The van der Waals surface area contributed by atoms with E-state index in [2.05, 4.69) is 5.92 Å². The smallest absolute Gasteiger partial charge is 0.341 e. The summed E-state index contributed by atoms with van der Waals surface area (Å²) in [6, 6.07) is 0.858. The number of nitrogens with zero attached hydrogens (tertiary/aromatic N) is 2. The molecule has 0 spiro atoms. The van der Waals surface area contributed by atoms with Gasteiger partial charge in [0.2, 0.25) is 5.43 Å². The van der Waals surface area contributed by atoms with Crippen LogP contribution in [0.15, 0.2) is 17.1 Å². The molecule has 8 heteroatoms. The Hall–Kier alpha value is -2.92. The molecular formula is C19H19F2N3O3. The van der Waals surface area contributed by atoms with Crippen molar-refractivity contribution in [2.24, 2.45) is 5.73 Å². The number of anilines is 1. The minimum absolute atomic E-state index is 0.247. The van der Waals surface area contributed by atoms with Gasteiger partial charge in [0.05, 0.1) is 22.6 Å². The minimum Gasteiger partial charge on any atom is -0.477 e. The molecule has 1 saturated heterocycles. The summed E-state index contributed by atoms with van der Waals surface area (Å²) in [6.07, 6.45) is 7.24. The number of halogens is 2. The van der Waals surface area contributed by atoms with Gasteiger partial charge in [0.15, 0.2) is 5.82 Å². The normalized spacial score (nSPS) is 17.3. The van der Waals surface area contributed by atoms with Gasteiger partial charge in [-0.2, -0.15) is 0 Å². The average molecular weight is 375 g/mol. The summed E-state index contributed by atoms with van der Waals surface area (Å²) in [7, 11) is 0. The van der Waals surface area contributed by atoms with E-state index in [0.29, 0.717) is 19.4 Å². The van der Waals surface area contributed by atoms with Crippen molar-refractivity contribution in [3.63, 3.8) is 0 Å². The number of pyridine rings is 1. The maximum atomic E-state index is 15.5. The summed E-state index contributed by atoms with van der Waals surface area (Å²) >= 11 is 0. The van der Waals surface area contributed by atoms with Crippen LogP contribution in [0.5, 0.6) is 0 Å². The number of benzene rings is 1. The quantitative estimate of drug-likeness (QED) is 0.804. The highest BCUT2D eigenvalue weighted by molar-refractivity contribution is 5.94. The molecule has 3 rings (SSSR count). The highest BCUT2D eigenvalue weighted by atomic mass is 19.1. The first-order valence-electron chi connectivity index (χ1n) is 8.41. The standard InChI is InChI=1S/C19H19F2N3O3/c1-4-19(2,3)24-9-11(18(26)27)17(25)10-8-12(20)16(14(21)15(10)24)23-7-5-6-13(23)22/h1,8-9,13H,5-7,22H2,2-3H3,(H,26,27). The number of aromatic carboxylic acids is 1. The lowest BCUT2D eigenvalue weighted by Crippen LogP contribution is -2.38. The molecule has 1 aliphatic rings. The summed E-state index contributed by atoms with van der Waals surface area (Å²) in [5.41, 5.74) is 2.61. The molecule has 6 nitrogen and oxygen atoms in total. The number of hydrogen-bond acceptors (Lipinski definition) is 4. The van der Waals surface area contributed by atoms with Crippen molar-refractivity contribution in [1.29, 1.82) is 0 Å². The first kappa shape index (κ1) is 18.9. The molecule has 142 valence electrons. The highest BCUT2D eigenvalue weighted by Gasteiger charge is 2.32. The van der Waals surface area contributed by atoms with E-state index in [0.717, 1.165) is 12.3 Å². The van der Waals surface area contributed by atoms with Crippen LogP contribution in [0.4, 0.5) is 14.5 Å². The molecule has 1 aromatic carbocycles. The molecular weight excluding hydrogens is 356 g/mol. The van der Waals surface area contributed by atoms with Crippen molar-refractivity contribution in [3.05, 3.63) is 39.7 Å². The Morgan fingerprint density at radius 1 is 1.44 bits per heavy atom. The molecule has 1 aromatic heterocycles. The SMILES string of the molecule is C#CC(C)(C)n1cc(C(=O)O)c(=O)c2cc(F)c(N3CCCC3N)c(F)c21. The van der Waals surface area contributed by atoms with E-state index in [-0.39, 0.29) is 16.6 Å². The predicted octanol–water partition coefficient (Wildman–Crippen LogP) is 2.23. The van der Waals surface area contributed by atoms with E-state index in [1.807, 2.05) is 0 Å². The molecule has 0 saturated carbocycles. The lowest BCUT2D eigenvalue weighted by Gasteiger charge is -2.29. The topological polar surface area (TPSA) is 88.6 Å². The molecule has 3 N–H and O–H groups in total. The second-order valence-corrected chi connectivity index (χ2v) is 7.07. The van der Waals surface area contributed by atoms with Crippen molar-refractivity contribution in [2.45, 2.75) is 38.4 Å². The van der Waals surface area contributed by atoms with Crippen molar-refractivity contribution in [2.75, 3.05) is 11.4 Å². The predicted molar refractivity (Wildman–Crippen MR) is 97.8 cm³/mol. The third kappa shape index (κ3) is 2.84. The van der Waals surface area contributed by atoms with Crippen LogP contribution in [-0.2, 0) is 5.54 Å². The zero-order valence-electron chi connectivity index (χ0n) is 14.9. The fourth-order valence-electron chi connectivity index (χ4n) is 3.40. The molecule has 1 fully saturated rings. The van der Waals surface area contributed by atoms with Crippen molar-refractivity contribution in [3.8, 4) is 12.3 Å². The number of fused-ring (bicyclic) bond motifs is 1. The Labute approximate surface area is 154 Å². The van der Waals surface area contributed by atoms with Crippen LogP contribution in [0.2, 0.25) is 0 Å². The first-order valence-corrected chi connectivity index (χ1v) is 8.41. The van der Waals surface area contributed by atoms with Crippen molar-refractivity contribution in [1.82, 2.24) is 4.57 Å². The molecule has 0 aliphatic carbocycles. The van der Waals surface area contributed by atoms with Crippen LogP contribution >= 0.6 is 0 Å². The van der Waals surface area contributed by atoms with Crippen molar-refractivity contribution >= 4 is 22.6 Å². The zero-order chi connectivity index (χ0) is 20.1. The van der Waals surface area contributed by atoms with Gasteiger partial charge in [0, 0.05) is 12.7 Å². The minimum atomic E-state index is -1.50. The van der Waals surface area contributed by atoms with Gasteiger partial charge < -0.3 is 20.3 Å². The molecule has 1 aliphatic heterocycles. The van der Waals surface area contributed by atoms with E-state index in [1.54, 1.807) is 13.8 Å². The van der Waals surface area contributed by atoms with Crippen LogP contribution in [-0.4, -0.2) is 28.4 Å². The summed E-state index contributed by atoms with van der Waals surface area (Å²) in [6.45, 7) is 3.50. The second kappa shape index (κ2) is 6.35. The van der Waals surface area contributed by atoms with Crippen LogP contribution < -0.4 is 16.1 Å². The number of rotatable bonds is 3. The molecule has 1 unspecified atom stereocenters. The van der Waals surface area contributed by atoms with E-state index in [4.69, 9.17) is 12.2 Å². The Bertz CT molecular complexity index is 1050. The van der Waals surface area contributed by atoms with Gasteiger partial charge >= 0.3 is 5.97 Å². The number of nitrogens with two attached hydrogens (primary N) is 1. The van der Waals surface area contributed by atoms with Crippen LogP contribution in [0.25, 0.3) is 10.9 Å². The summed E-state index contributed by atoms with van der Waals surface area (Å²) < 4.78 is 31.4. The van der Waals surface area contributed by atoms with Crippen LogP contribution in [0.3, 0.4) is 0 Å². The third-order valence-corrected chi connectivity index (χ3v) is 4.93. The number of aromatic nitrogens is 1. The fourth-order valence-corrected chi connectivity index (χ4v) is 3.40. The van der Waals surface area contributed by atoms with Gasteiger partial charge in [-0.1, -0.05) is 5.92 Å². The Kier molecular flexibility index (Phi) is 4.44. The number of carboxylic acid groups (broad SMARTS) is 1. The van der Waals surface area contributed by atoms with Gasteiger partial charge in [-0.25, -0.2) is 13.6 Å². The van der Waals surface area contributed by atoms with Gasteiger partial charge in [0.1, 0.15) is 17.1 Å². The maximum absolute atomic E-state index is 15.5. The molecule has 0 bridgehead atoms.